The van der Waals surface area contributed by atoms with E-state index in [2.05, 4.69) is 17.4 Å². The molecule has 1 aromatic carbocycles. The summed E-state index contributed by atoms with van der Waals surface area (Å²) in [7, 11) is 1.00. The molecule has 1 fully saturated rings. The minimum Gasteiger partial charge on any atom is -0.400 e. The molecule has 2 rings (SSSR count). The molecule has 0 amide bonds. The van der Waals surface area contributed by atoms with Crippen molar-refractivity contribution in [3.05, 3.63) is 35.9 Å². The lowest BCUT2D eigenvalue weighted by molar-refractivity contribution is 0.288. The Labute approximate surface area is 98.1 Å². The standard InChI is InChI=1S/C9H12O.C3H7N.CH4O/c10-8-4-7-9-5-2-1-3-6-9;1-2-4-3-1;1-2/h1-3,5-6,10H,4,7-8H2;4H,1-3H2;2H,1H3. The molecule has 1 aromatic rings. The van der Waals surface area contributed by atoms with Crippen LogP contribution in [0, 0.1) is 0 Å². The predicted octanol–water partition coefficient (Wildman–Crippen LogP) is 1.20. The SMILES string of the molecule is C1CNC1.CO.OCCCc1ccccc1. The van der Waals surface area contributed by atoms with E-state index in [-0.39, 0.29) is 6.61 Å². The maximum atomic E-state index is 8.53. The Morgan fingerprint density at radius 1 is 1.12 bits per heavy atom. The molecule has 0 unspecified atom stereocenters. The van der Waals surface area contributed by atoms with E-state index in [0.717, 1.165) is 20.0 Å². The Hall–Kier alpha value is -0.900. The highest BCUT2D eigenvalue weighted by atomic mass is 16.3. The molecule has 0 atom stereocenters. The van der Waals surface area contributed by atoms with Crippen molar-refractivity contribution in [2.45, 2.75) is 19.3 Å². The summed E-state index contributed by atoms with van der Waals surface area (Å²) in [6.07, 6.45) is 3.24. The zero-order valence-corrected chi connectivity index (χ0v) is 10.0. The number of aryl methyl sites for hydroxylation is 1. The van der Waals surface area contributed by atoms with Crippen LogP contribution in [0.5, 0.6) is 0 Å². The fourth-order valence-electron chi connectivity index (χ4n) is 1.10. The Bertz CT molecular complexity index is 219. The van der Waals surface area contributed by atoms with E-state index in [1.165, 1.54) is 25.1 Å². The van der Waals surface area contributed by atoms with Crippen LogP contribution >= 0.6 is 0 Å². The first-order valence-electron chi connectivity index (χ1n) is 5.73. The van der Waals surface area contributed by atoms with Gasteiger partial charge in [-0.2, -0.15) is 0 Å². The molecule has 3 N–H and O–H groups in total. The second-order valence-electron chi connectivity index (χ2n) is 3.42. The molecule has 0 aromatic heterocycles. The lowest BCUT2D eigenvalue weighted by Gasteiger charge is -2.09. The first-order chi connectivity index (χ1) is 7.93. The van der Waals surface area contributed by atoms with Crippen LogP contribution in [0.3, 0.4) is 0 Å². The fraction of sp³-hybridized carbons (Fsp3) is 0.538. The molecule has 92 valence electrons. The third kappa shape index (κ3) is 8.41. The zero-order chi connectivity index (χ0) is 12.1. The second-order valence-corrected chi connectivity index (χ2v) is 3.42. The molecule has 1 saturated heterocycles. The van der Waals surface area contributed by atoms with Gasteiger partial charge in [0.1, 0.15) is 0 Å². The summed E-state index contributed by atoms with van der Waals surface area (Å²) in [6.45, 7) is 2.79. The topological polar surface area (TPSA) is 52.5 Å². The number of rotatable bonds is 3. The Morgan fingerprint density at radius 2 is 1.62 bits per heavy atom. The first kappa shape index (κ1) is 15.1. The molecular formula is C13H23NO2. The average molecular weight is 225 g/mol. The Balaban J connectivity index is 0.000000311. The van der Waals surface area contributed by atoms with E-state index < -0.39 is 0 Å². The van der Waals surface area contributed by atoms with E-state index in [4.69, 9.17) is 10.2 Å². The van der Waals surface area contributed by atoms with Crippen LogP contribution in [0.4, 0.5) is 0 Å². The van der Waals surface area contributed by atoms with E-state index in [0.29, 0.717) is 0 Å². The van der Waals surface area contributed by atoms with E-state index in [1.807, 2.05) is 18.2 Å². The summed E-state index contributed by atoms with van der Waals surface area (Å²) in [5.41, 5.74) is 1.30. The number of hydrogen-bond acceptors (Lipinski definition) is 3. The summed E-state index contributed by atoms with van der Waals surface area (Å²) < 4.78 is 0. The Morgan fingerprint density at radius 3 is 2.00 bits per heavy atom. The van der Waals surface area contributed by atoms with Crippen molar-refractivity contribution < 1.29 is 10.2 Å². The van der Waals surface area contributed by atoms with Crippen molar-refractivity contribution in [2.24, 2.45) is 0 Å². The smallest absolute Gasteiger partial charge is 0.0434 e. The van der Waals surface area contributed by atoms with Gasteiger partial charge in [-0.1, -0.05) is 30.3 Å². The van der Waals surface area contributed by atoms with Gasteiger partial charge in [-0.25, -0.2) is 0 Å². The summed E-state index contributed by atoms with van der Waals surface area (Å²) in [5, 5.41) is 18.6. The van der Waals surface area contributed by atoms with Crippen molar-refractivity contribution in [3.8, 4) is 0 Å². The van der Waals surface area contributed by atoms with E-state index in [9.17, 15) is 0 Å². The lowest BCUT2D eigenvalue weighted by atomic mass is 10.1. The second kappa shape index (κ2) is 12.2. The average Bonchev–Trinajstić information content (AvgIpc) is 2.28. The normalized spacial score (nSPS) is 12.4. The molecule has 1 aliphatic rings. The van der Waals surface area contributed by atoms with Gasteiger partial charge in [-0.3, -0.25) is 0 Å². The molecule has 0 radical (unpaired) electrons. The van der Waals surface area contributed by atoms with Crippen LogP contribution in [0.25, 0.3) is 0 Å². The van der Waals surface area contributed by atoms with Crippen molar-refractivity contribution in [1.29, 1.82) is 0 Å². The highest BCUT2D eigenvalue weighted by molar-refractivity contribution is 5.14. The number of aliphatic hydroxyl groups excluding tert-OH is 2. The quantitative estimate of drug-likeness (QED) is 0.724. The fourth-order valence-corrected chi connectivity index (χ4v) is 1.10. The number of aliphatic hydroxyl groups is 2. The largest absolute Gasteiger partial charge is 0.400 e. The highest BCUT2D eigenvalue weighted by Crippen LogP contribution is 2.00. The Kier molecular flexibility index (Phi) is 11.5. The van der Waals surface area contributed by atoms with Gasteiger partial charge in [0.05, 0.1) is 0 Å². The van der Waals surface area contributed by atoms with E-state index >= 15 is 0 Å². The van der Waals surface area contributed by atoms with Crippen molar-refractivity contribution in [2.75, 3.05) is 26.8 Å². The van der Waals surface area contributed by atoms with Gasteiger partial charge in [-0.15, -0.1) is 0 Å². The van der Waals surface area contributed by atoms with Crippen LogP contribution in [0.15, 0.2) is 30.3 Å². The van der Waals surface area contributed by atoms with Gasteiger partial charge in [0, 0.05) is 13.7 Å². The zero-order valence-electron chi connectivity index (χ0n) is 10.0. The first-order valence-corrected chi connectivity index (χ1v) is 5.73. The molecule has 3 nitrogen and oxygen atoms in total. The minimum absolute atomic E-state index is 0.287. The van der Waals surface area contributed by atoms with Crippen LogP contribution in [0.1, 0.15) is 18.4 Å². The lowest BCUT2D eigenvalue weighted by Crippen LogP contribution is -2.29. The van der Waals surface area contributed by atoms with Gasteiger partial charge < -0.3 is 15.5 Å². The molecule has 3 heteroatoms. The number of hydrogen-bond donors (Lipinski definition) is 3. The van der Waals surface area contributed by atoms with Crippen molar-refractivity contribution >= 4 is 0 Å². The monoisotopic (exact) mass is 225 g/mol. The van der Waals surface area contributed by atoms with E-state index in [1.54, 1.807) is 0 Å². The summed E-state index contributed by atoms with van der Waals surface area (Å²) >= 11 is 0. The summed E-state index contributed by atoms with van der Waals surface area (Å²) in [4.78, 5) is 0. The number of nitrogens with one attached hydrogen (secondary N) is 1. The maximum absolute atomic E-state index is 8.53. The molecule has 0 aliphatic carbocycles. The third-order valence-electron chi connectivity index (χ3n) is 2.17. The van der Waals surface area contributed by atoms with Crippen LogP contribution in [0.2, 0.25) is 0 Å². The van der Waals surface area contributed by atoms with Crippen LogP contribution in [-0.4, -0.2) is 37.0 Å². The summed E-state index contributed by atoms with van der Waals surface area (Å²) in [6, 6.07) is 10.2. The number of benzene rings is 1. The van der Waals surface area contributed by atoms with Crippen LogP contribution in [-0.2, 0) is 6.42 Å². The molecular weight excluding hydrogens is 202 g/mol. The molecule has 16 heavy (non-hydrogen) atoms. The van der Waals surface area contributed by atoms with Gasteiger partial charge in [0.25, 0.3) is 0 Å². The molecule has 1 heterocycles. The van der Waals surface area contributed by atoms with Gasteiger partial charge >= 0.3 is 0 Å². The highest BCUT2D eigenvalue weighted by Gasteiger charge is 1.92. The predicted molar refractivity (Wildman–Crippen MR) is 67.5 cm³/mol. The van der Waals surface area contributed by atoms with Crippen molar-refractivity contribution in [3.63, 3.8) is 0 Å². The molecule has 0 spiro atoms. The summed E-state index contributed by atoms with van der Waals surface area (Å²) in [5.74, 6) is 0. The molecule has 0 bridgehead atoms. The molecule has 1 aliphatic heterocycles. The van der Waals surface area contributed by atoms with Crippen molar-refractivity contribution in [1.82, 2.24) is 5.32 Å². The van der Waals surface area contributed by atoms with Gasteiger partial charge in [-0.05, 0) is 37.9 Å². The van der Waals surface area contributed by atoms with Gasteiger partial charge in [0.15, 0.2) is 0 Å². The third-order valence-corrected chi connectivity index (χ3v) is 2.17. The molecule has 0 saturated carbocycles. The van der Waals surface area contributed by atoms with Gasteiger partial charge in [0.2, 0.25) is 0 Å². The minimum atomic E-state index is 0.287. The maximum Gasteiger partial charge on any atom is 0.0434 e. The van der Waals surface area contributed by atoms with Crippen LogP contribution < -0.4 is 5.32 Å².